The minimum atomic E-state index is -4.34. The normalized spacial score (nSPS) is 13.3. The van der Waals surface area contributed by atoms with Gasteiger partial charge in [0, 0.05) is 6.20 Å². The van der Waals surface area contributed by atoms with Gasteiger partial charge >= 0.3 is 6.18 Å². The van der Waals surface area contributed by atoms with Crippen molar-refractivity contribution in [2.75, 3.05) is 19.8 Å². The van der Waals surface area contributed by atoms with E-state index in [4.69, 9.17) is 10.5 Å². The molecule has 1 aromatic heterocycles. The molecule has 2 N–H and O–H groups in total. The third-order valence-electron chi connectivity index (χ3n) is 2.20. The molecule has 0 aromatic carbocycles. The molecule has 1 heterocycles. The van der Waals surface area contributed by atoms with Crippen LogP contribution in [0.5, 0.6) is 5.75 Å². The van der Waals surface area contributed by atoms with Crippen LogP contribution in [0.4, 0.5) is 13.2 Å². The highest BCUT2D eigenvalue weighted by Crippen LogP contribution is 2.19. The number of rotatable bonds is 7. The lowest BCUT2D eigenvalue weighted by molar-refractivity contribution is -0.174. The van der Waals surface area contributed by atoms with Crippen LogP contribution in [0.25, 0.3) is 0 Å². The van der Waals surface area contributed by atoms with Gasteiger partial charge in [-0.05, 0) is 18.1 Å². The Morgan fingerprint density at radius 2 is 2.11 bits per heavy atom. The van der Waals surface area contributed by atoms with Crippen molar-refractivity contribution < 1.29 is 22.6 Å². The lowest BCUT2D eigenvalue weighted by Crippen LogP contribution is -2.23. The van der Waals surface area contributed by atoms with Gasteiger partial charge in [-0.3, -0.25) is 4.98 Å². The molecule has 108 valence electrons. The van der Waals surface area contributed by atoms with E-state index in [1.165, 1.54) is 12.4 Å². The molecule has 19 heavy (non-hydrogen) atoms. The first-order chi connectivity index (χ1) is 8.92. The van der Waals surface area contributed by atoms with Crippen LogP contribution in [0.1, 0.15) is 24.9 Å². The number of pyridine rings is 1. The van der Waals surface area contributed by atoms with Gasteiger partial charge in [-0.1, -0.05) is 6.92 Å². The highest BCUT2D eigenvalue weighted by molar-refractivity contribution is 5.25. The molecule has 7 heteroatoms. The zero-order chi connectivity index (χ0) is 14.3. The molecule has 0 saturated heterocycles. The van der Waals surface area contributed by atoms with Crippen LogP contribution in [0.2, 0.25) is 0 Å². The Balaban J connectivity index is 2.49. The van der Waals surface area contributed by atoms with Crippen molar-refractivity contribution in [2.45, 2.75) is 25.6 Å². The van der Waals surface area contributed by atoms with Crippen molar-refractivity contribution in [3.8, 4) is 5.75 Å². The Morgan fingerprint density at radius 3 is 2.74 bits per heavy atom. The number of halogens is 3. The van der Waals surface area contributed by atoms with Crippen molar-refractivity contribution in [3.05, 3.63) is 24.0 Å². The minimum absolute atomic E-state index is 0.224. The molecule has 1 atom stereocenters. The quantitative estimate of drug-likeness (QED) is 0.832. The molecule has 0 aliphatic carbocycles. The van der Waals surface area contributed by atoms with Crippen LogP contribution in [-0.2, 0) is 4.74 Å². The summed E-state index contributed by atoms with van der Waals surface area (Å²) in [5.74, 6) is 0.547. The fourth-order valence-electron chi connectivity index (χ4n) is 1.34. The number of hydrogen-bond acceptors (Lipinski definition) is 4. The number of nitrogens with two attached hydrogens (primary N) is 1. The maximum atomic E-state index is 11.9. The maximum Gasteiger partial charge on any atom is 0.411 e. The third-order valence-corrected chi connectivity index (χ3v) is 2.20. The third kappa shape index (κ3) is 6.40. The molecule has 0 aliphatic rings. The summed E-state index contributed by atoms with van der Waals surface area (Å²) < 4.78 is 45.6. The monoisotopic (exact) mass is 278 g/mol. The number of nitrogens with zero attached hydrogens (tertiary/aromatic N) is 1. The Hall–Kier alpha value is -1.34. The molecule has 1 unspecified atom stereocenters. The molecule has 0 aliphatic heterocycles. The number of alkyl halides is 3. The van der Waals surface area contributed by atoms with E-state index in [0.717, 1.165) is 6.42 Å². The van der Waals surface area contributed by atoms with Crippen LogP contribution < -0.4 is 10.5 Å². The van der Waals surface area contributed by atoms with Gasteiger partial charge in [0.05, 0.1) is 25.5 Å². The topological polar surface area (TPSA) is 57.4 Å². The van der Waals surface area contributed by atoms with Gasteiger partial charge in [-0.15, -0.1) is 0 Å². The molecule has 0 spiro atoms. The minimum Gasteiger partial charge on any atom is -0.492 e. The van der Waals surface area contributed by atoms with Gasteiger partial charge in [-0.2, -0.15) is 13.2 Å². The average molecular weight is 278 g/mol. The zero-order valence-corrected chi connectivity index (χ0v) is 10.6. The number of aromatic nitrogens is 1. The van der Waals surface area contributed by atoms with Gasteiger partial charge in [0.25, 0.3) is 0 Å². The summed E-state index contributed by atoms with van der Waals surface area (Å²) in [6, 6.07) is 0.990. The fourth-order valence-corrected chi connectivity index (χ4v) is 1.34. The summed E-state index contributed by atoms with van der Waals surface area (Å²) in [6.45, 7) is 0.984. The molecule has 0 bridgehead atoms. The van der Waals surface area contributed by atoms with E-state index in [-0.39, 0.29) is 6.61 Å². The summed E-state index contributed by atoms with van der Waals surface area (Å²) >= 11 is 0. The van der Waals surface area contributed by atoms with Crippen LogP contribution in [0, 0.1) is 0 Å². The first-order valence-corrected chi connectivity index (χ1v) is 5.90. The summed E-state index contributed by atoms with van der Waals surface area (Å²) in [4.78, 5) is 3.93. The Bertz CT molecular complexity index is 385. The molecule has 4 nitrogen and oxygen atoms in total. The van der Waals surface area contributed by atoms with Gasteiger partial charge in [0.15, 0.2) is 0 Å². The maximum absolute atomic E-state index is 11.9. The molecule has 0 amide bonds. The molecular weight excluding hydrogens is 261 g/mol. The van der Waals surface area contributed by atoms with E-state index >= 15 is 0 Å². The fraction of sp³-hybridized carbons (Fsp3) is 0.583. The Kier molecular flexibility index (Phi) is 6.04. The van der Waals surface area contributed by atoms with Gasteiger partial charge < -0.3 is 15.2 Å². The van der Waals surface area contributed by atoms with Crippen LogP contribution >= 0.6 is 0 Å². The summed E-state index contributed by atoms with van der Waals surface area (Å²) in [5.41, 5.74) is 6.31. The first-order valence-electron chi connectivity index (χ1n) is 5.90. The molecule has 0 radical (unpaired) electrons. The average Bonchev–Trinajstić information content (AvgIpc) is 2.35. The zero-order valence-electron chi connectivity index (χ0n) is 10.6. The molecular formula is C12H17F3N2O2. The van der Waals surface area contributed by atoms with E-state index in [1.807, 2.05) is 6.92 Å². The van der Waals surface area contributed by atoms with E-state index in [1.54, 1.807) is 6.07 Å². The molecule has 1 rings (SSSR count). The van der Waals surface area contributed by atoms with E-state index < -0.39 is 18.8 Å². The SMILES string of the molecule is CCCOc1cncc(C(N)COCC(F)(F)F)c1. The Labute approximate surface area is 109 Å². The van der Waals surface area contributed by atoms with Crippen LogP contribution in [0.3, 0.4) is 0 Å². The lowest BCUT2D eigenvalue weighted by atomic mass is 10.1. The van der Waals surface area contributed by atoms with Gasteiger partial charge in [0.1, 0.15) is 12.4 Å². The summed E-state index contributed by atoms with van der Waals surface area (Å²) in [6.07, 6.45) is -0.474. The smallest absolute Gasteiger partial charge is 0.411 e. The highest BCUT2D eigenvalue weighted by Gasteiger charge is 2.27. The van der Waals surface area contributed by atoms with E-state index in [2.05, 4.69) is 9.72 Å². The predicted molar refractivity (Wildman–Crippen MR) is 63.8 cm³/mol. The first kappa shape index (κ1) is 15.7. The lowest BCUT2D eigenvalue weighted by Gasteiger charge is -2.14. The van der Waals surface area contributed by atoms with E-state index in [9.17, 15) is 13.2 Å². The van der Waals surface area contributed by atoms with E-state index in [0.29, 0.717) is 17.9 Å². The van der Waals surface area contributed by atoms with Crippen molar-refractivity contribution in [1.82, 2.24) is 4.98 Å². The molecule has 0 saturated carbocycles. The second kappa shape index (κ2) is 7.30. The Morgan fingerprint density at radius 1 is 1.37 bits per heavy atom. The molecule has 1 aromatic rings. The summed E-state index contributed by atoms with van der Waals surface area (Å²) in [5, 5.41) is 0. The molecule has 0 fully saturated rings. The van der Waals surface area contributed by atoms with Crippen molar-refractivity contribution in [3.63, 3.8) is 0 Å². The number of ether oxygens (including phenoxy) is 2. The van der Waals surface area contributed by atoms with Crippen LogP contribution in [-0.4, -0.2) is 31.0 Å². The summed E-state index contributed by atoms with van der Waals surface area (Å²) in [7, 11) is 0. The van der Waals surface area contributed by atoms with Crippen molar-refractivity contribution in [2.24, 2.45) is 5.73 Å². The van der Waals surface area contributed by atoms with Crippen LogP contribution in [0.15, 0.2) is 18.5 Å². The standard InChI is InChI=1S/C12H17F3N2O2/c1-2-3-19-10-4-9(5-17-6-10)11(16)7-18-8-12(13,14)15/h4-6,11H,2-3,7-8,16H2,1H3. The number of hydrogen-bond donors (Lipinski definition) is 1. The van der Waals surface area contributed by atoms with Crippen molar-refractivity contribution in [1.29, 1.82) is 0 Å². The second-order valence-electron chi connectivity index (χ2n) is 4.04. The predicted octanol–water partition coefficient (Wildman–Crippen LogP) is 2.45. The van der Waals surface area contributed by atoms with Gasteiger partial charge in [0.2, 0.25) is 0 Å². The second-order valence-corrected chi connectivity index (χ2v) is 4.04. The van der Waals surface area contributed by atoms with Gasteiger partial charge in [-0.25, -0.2) is 0 Å². The van der Waals surface area contributed by atoms with Crippen molar-refractivity contribution >= 4 is 0 Å². The largest absolute Gasteiger partial charge is 0.492 e. The highest BCUT2D eigenvalue weighted by atomic mass is 19.4.